The lowest BCUT2D eigenvalue weighted by molar-refractivity contribution is -0.121. The molecule has 18 heavy (non-hydrogen) atoms. The van der Waals surface area contributed by atoms with E-state index in [1.165, 1.54) is 12.1 Å². The number of amides is 1. The average Bonchev–Trinajstić information content (AvgIpc) is 2.31. The number of nitrogens with zero attached hydrogens (tertiary/aromatic N) is 1. The number of carbonyl (C=O) groups excluding carboxylic acids is 1. The number of benzene rings is 1. The molecule has 0 radical (unpaired) electrons. The van der Waals surface area contributed by atoms with Crippen LogP contribution in [0.15, 0.2) is 30.4 Å². The third kappa shape index (κ3) is 2.20. The molecule has 0 aliphatic carbocycles. The maximum absolute atomic E-state index is 11.8. The molecule has 1 aliphatic heterocycles. The van der Waals surface area contributed by atoms with Crippen LogP contribution in [0.1, 0.15) is 17.3 Å². The van der Waals surface area contributed by atoms with Crippen molar-refractivity contribution in [2.24, 2.45) is 0 Å². The SMILES string of the molecule is C=C(C)CN1C(=O)COc2cc(C(=O)O)ccc21. The molecule has 0 unspecified atom stereocenters. The van der Waals surface area contributed by atoms with E-state index in [1.807, 2.05) is 6.92 Å². The quantitative estimate of drug-likeness (QED) is 0.825. The molecule has 2 rings (SSSR count). The maximum atomic E-state index is 11.8. The van der Waals surface area contributed by atoms with Gasteiger partial charge in [0.2, 0.25) is 0 Å². The third-order valence-electron chi connectivity index (χ3n) is 2.58. The Kier molecular flexibility index (Phi) is 3.06. The van der Waals surface area contributed by atoms with Gasteiger partial charge in [-0.05, 0) is 25.1 Å². The molecule has 1 aromatic rings. The van der Waals surface area contributed by atoms with Gasteiger partial charge >= 0.3 is 5.97 Å². The number of hydrogen-bond acceptors (Lipinski definition) is 3. The van der Waals surface area contributed by atoms with Crippen molar-refractivity contribution >= 4 is 17.6 Å². The lowest BCUT2D eigenvalue weighted by Crippen LogP contribution is -2.39. The number of hydrogen-bond donors (Lipinski definition) is 1. The molecule has 0 saturated heterocycles. The van der Waals surface area contributed by atoms with Crippen LogP contribution < -0.4 is 9.64 Å². The highest BCUT2D eigenvalue weighted by molar-refractivity contribution is 5.99. The molecule has 1 aliphatic rings. The van der Waals surface area contributed by atoms with Gasteiger partial charge in [0.1, 0.15) is 5.75 Å². The van der Waals surface area contributed by atoms with Crippen molar-refractivity contribution in [3.8, 4) is 5.75 Å². The second-order valence-electron chi connectivity index (χ2n) is 4.21. The molecule has 1 aromatic carbocycles. The van der Waals surface area contributed by atoms with E-state index in [0.717, 1.165) is 5.57 Å². The first kappa shape index (κ1) is 12.2. The van der Waals surface area contributed by atoms with E-state index in [4.69, 9.17) is 9.84 Å². The second kappa shape index (κ2) is 4.52. The largest absolute Gasteiger partial charge is 0.482 e. The zero-order chi connectivity index (χ0) is 13.3. The van der Waals surface area contributed by atoms with Gasteiger partial charge in [-0.2, -0.15) is 0 Å². The minimum atomic E-state index is -1.02. The molecule has 0 bridgehead atoms. The minimum Gasteiger partial charge on any atom is -0.482 e. The summed E-state index contributed by atoms with van der Waals surface area (Å²) >= 11 is 0. The lowest BCUT2D eigenvalue weighted by Gasteiger charge is -2.29. The van der Waals surface area contributed by atoms with Gasteiger partial charge in [0.25, 0.3) is 5.91 Å². The number of anilines is 1. The molecule has 0 spiro atoms. The van der Waals surface area contributed by atoms with Crippen LogP contribution in [0.5, 0.6) is 5.75 Å². The Hall–Kier alpha value is -2.30. The fourth-order valence-corrected chi connectivity index (χ4v) is 1.78. The van der Waals surface area contributed by atoms with Gasteiger partial charge < -0.3 is 14.7 Å². The average molecular weight is 247 g/mol. The van der Waals surface area contributed by atoms with Crippen molar-refractivity contribution < 1.29 is 19.4 Å². The Balaban J connectivity index is 2.41. The summed E-state index contributed by atoms with van der Waals surface area (Å²) < 4.78 is 5.25. The number of carboxylic acids is 1. The Morgan fingerprint density at radius 3 is 2.89 bits per heavy atom. The molecule has 0 fully saturated rings. The number of aromatic carboxylic acids is 1. The normalized spacial score (nSPS) is 13.8. The van der Waals surface area contributed by atoms with Crippen molar-refractivity contribution in [1.82, 2.24) is 0 Å². The first-order valence-corrected chi connectivity index (χ1v) is 5.44. The highest BCUT2D eigenvalue weighted by Crippen LogP contribution is 2.33. The first-order chi connectivity index (χ1) is 8.49. The van der Waals surface area contributed by atoms with E-state index < -0.39 is 5.97 Å². The van der Waals surface area contributed by atoms with Crippen molar-refractivity contribution in [2.75, 3.05) is 18.1 Å². The van der Waals surface area contributed by atoms with Crippen LogP contribution in [0.25, 0.3) is 0 Å². The summed E-state index contributed by atoms with van der Waals surface area (Å²) in [6, 6.07) is 4.46. The van der Waals surface area contributed by atoms with Crippen molar-refractivity contribution in [3.63, 3.8) is 0 Å². The molecular weight excluding hydrogens is 234 g/mol. The Bertz CT molecular complexity index is 536. The van der Waals surface area contributed by atoms with Crippen molar-refractivity contribution in [1.29, 1.82) is 0 Å². The monoisotopic (exact) mass is 247 g/mol. The predicted octanol–water partition coefficient (Wildman–Crippen LogP) is 1.69. The van der Waals surface area contributed by atoms with Gasteiger partial charge in [-0.15, -0.1) is 0 Å². The standard InChI is InChI=1S/C13H13NO4/c1-8(2)6-14-10-4-3-9(13(16)17)5-11(10)18-7-12(14)15/h3-5H,1,6-7H2,2H3,(H,16,17). The highest BCUT2D eigenvalue weighted by Gasteiger charge is 2.26. The van der Waals surface area contributed by atoms with E-state index in [-0.39, 0.29) is 18.1 Å². The second-order valence-corrected chi connectivity index (χ2v) is 4.21. The van der Waals surface area contributed by atoms with E-state index in [2.05, 4.69) is 6.58 Å². The zero-order valence-electron chi connectivity index (χ0n) is 9.97. The molecule has 0 saturated carbocycles. The lowest BCUT2D eigenvalue weighted by atomic mass is 10.1. The highest BCUT2D eigenvalue weighted by atomic mass is 16.5. The fraction of sp³-hybridized carbons (Fsp3) is 0.231. The number of ether oxygens (including phenoxy) is 1. The number of carbonyl (C=O) groups is 2. The molecule has 5 nitrogen and oxygen atoms in total. The van der Waals surface area contributed by atoms with Crippen LogP contribution in [0, 0.1) is 0 Å². The molecule has 1 N–H and O–H groups in total. The summed E-state index contributed by atoms with van der Waals surface area (Å²) in [5.41, 5.74) is 1.57. The van der Waals surface area contributed by atoms with Gasteiger partial charge in [0.15, 0.2) is 6.61 Å². The minimum absolute atomic E-state index is 0.0800. The smallest absolute Gasteiger partial charge is 0.335 e. The molecule has 0 aromatic heterocycles. The van der Waals surface area contributed by atoms with Gasteiger partial charge in [0.05, 0.1) is 11.3 Å². The van der Waals surface area contributed by atoms with Crippen LogP contribution >= 0.6 is 0 Å². The topological polar surface area (TPSA) is 66.8 Å². The summed E-state index contributed by atoms with van der Waals surface area (Å²) in [5, 5.41) is 8.90. The predicted molar refractivity (Wildman–Crippen MR) is 66.1 cm³/mol. The van der Waals surface area contributed by atoms with Gasteiger partial charge in [-0.3, -0.25) is 4.79 Å². The molecule has 1 heterocycles. The van der Waals surface area contributed by atoms with E-state index in [1.54, 1.807) is 11.0 Å². The van der Waals surface area contributed by atoms with E-state index in [0.29, 0.717) is 18.0 Å². The van der Waals surface area contributed by atoms with Crippen LogP contribution in [0.2, 0.25) is 0 Å². The first-order valence-electron chi connectivity index (χ1n) is 5.44. The van der Waals surface area contributed by atoms with Crippen LogP contribution in [-0.4, -0.2) is 30.1 Å². The molecule has 1 amide bonds. The van der Waals surface area contributed by atoms with Gasteiger partial charge in [-0.1, -0.05) is 12.2 Å². The van der Waals surface area contributed by atoms with Crippen LogP contribution in [0.3, 0.4) is 0 Å². The maximum Gasteiger partial charge on any atom is 0.335 e. The molecule has 5 heteroatoms. The van der Waals surface area contributed by atoms with Crippen molar-refractivity contribution in [3.05, 3.63) is 35.9 Å². The number of fused-ring (bicyclic) bond motifs is 1. The summed E-state index contributed by atoms with van der Waals surface area (Å²) in [5.74, 6) is -0.769. The van der Waals surface area contributed by atoms with Gasteiger partial charge in [0, 0.05) is 6.54 Å². The summed E-state index contributed by atoms with van der Waals surface area (Å²) in [6.07, 6.45) is 0. The fourth-order valence-electron chi connectivity index (χ4n) is 1.78. The summed E-state index contributed by atoms with van der Waals surface area (Å²) in [6.45, 7) is 5.93. The third-order valence-corrected chi connectivity index (χ3v) is 2.58. The number of rotatable bonds is 3. The molecule has 0 atom stereocenters. The summed E-state index contributed by atoms with van der Waals surface area (Å²) in [7, 11) is 0. The summed E-state index contributed by atoms with van der Waals surface area (Å²) in [4.78, 5) is 24.2. The Morgan fingerprint density at radius 2 is 2.28 bits per heavy atom. The Morgan fingerprint density at radius 1 is 1.56 bits per heavy atom. The van der Waals surface area contributed by atoms with Crippen LogP contribution in [-0.2, 0) is 4.79 Å². The molecular formula is C13H13NO4. The van der Waals surface area contributed by atoms with E-state index in [9.17, 15) is 9.59 Å². The van der Waals surface area contributed by atoms with Crippen molar-refractivity contribution in [2.45, 2.75) is 6.92 Å². The number of carboxylic acid groups (broad SMARTS) is 1. The molecule has 94 valence electrons. The van der Waals surface area contributed by atoms with Gasteiger partial charge in [-0.25, -0.2) is 4.79 Å². The Labute approximate surface area is 104 Å². The van der Waals surface area contributed by atoms with Crippen LogP contribution in [0.4, 0.5) is 5.69 Å². The van der Waals surface area contributed by atoms with E-state index >= 15 is 0 Å². The zero-order valence-corrected chi connectivity index (χ0v) is 9.97.